The first-order valence-corrected chi connectivity index (χ1v) is 7.18. The second kappa shape index (κ2) is 6.15. The molecule has 2 radical (unpaired) electrons. The van der Waals surface area contributed by atoms with Crippen LogP contribution >= 0.6 is 0 Å². The van der Waals surface area contributed by atoms with Crippen LogP contribution in [0.1, 0.15) is 48.5 Å². The molecule has 0 amide bonds. The Morgan fingerprint density at radius 1 is 1.11 bits per heavy atom. The van der Waals surface area contributed by atoms with Crippen LogP contribution in [0.3, 0.4) is 0 Å². The van der Waals surface area contributed by atoms with Crippen molar-refractivity contribution in [1.82, 2.24) is 0 Å². The number of hydrogen-bond donors (Lipinski definition) is 0. The van der Waals surface area contributed by atoms with Gasteiger partial charge < -0.3 is 14.2 Å². The second-order valence-corrected chi connectivity index (χ2v) is 7.51. The smallest absolute Gasteiger partial charge is 0.107 e. The highest BCUT2D eigenvalue weighted by Gasteiger charge is 2.39. The van der Waals surface area contributed by atoms with Gasteiger partial charge in [0.25, 0.3) is 0 Å². The van der Waals surface area contributed by atoms with Gasteiger partial charge in [0.1, 0.15) is 6.10 Å². The van der Waals surface area contributed by atoms with Crippen LogP contribution in [0, 0.1) is 5.92 Å². The van der Waals surface area contributed by atoms with E-state index in [0.29, 0.717) is 13.2 Å². The molecule has 1 rings (SSSR count). The van der Waals surface area contributed by atoms with Gasteiger partial charge in [0.2, 0.25) is 0 Å². The van der Waals surface area contributed by atoms with Gasteiger partial charge in [-0.1, -0.05) is 6.92 Å². The van der Waals surface area contributed by atoms with E-state index in [1.807, 2.05) is 20.8 Å². The van der Waals surface area contributed by atoms with Crippen molar-refractivity contribution in [3.8, 4) is 0 Å². The summed E-state index contributed by atoms with van der Waals surface area (Å²) >= 11 is 0. The second-order valence-electron chi connectivity index (χ2n) is 7.51. The van der Waals surface area contributed by atoms with Gasteiger partial charge in [-0.2, -0.15) is 0 Å². The molecule has 110 valence electrons. The molecule has 0 saturated carbocycles. The zero-order valence-corrected chi connectivity index (χ0v) is 13.5. The minimum atomic E-state index is -0.209. The fourth-order valence-corrected chi connectivity index (χ4v) is 2.13. The molecule has 1 aliphatic rings. The van der Waals surface area contributed by atoms with Crippen LogP contribution < -0.4 is 0 Å². The van der Waals surface area contributed by atoms with E-state index in [2.05, 4.69) is 27.7 Å². The average molecular weight is 268 g/mol. The van der Waals surface area contributed by atoms with Gasteiger partial charge in [0.15, 0.2) is 0 Å². The van der Waals surface area contributed by atoms with E-state index in [-0.39, 0.29) is 35.1 Å². The maximum absolute atomic E-state index is 6.15. The number of ether oxygens (including phenoxy) is 3. The molecule has 0 spiro atoms. The maximum Gasteiger partial charge on any atom is 0.107 e. The standard InChI is InChI=1S/C15H29BO3/c1-10-11(16)8-17-12(9-18-14(2,3)4)13(10)19-15(5,6)7/h10-13H,8-9H2,1-7H3/t10-,11+,12+,13-/m0/s1. The monoisotopic (exact) mass is 268 g/mol. The molecule has 4 atom stereocenters. The summed E-state index contributed by atoms with van der Waals surface area (Å²) in [5, 5.41) is 0. The van der Waals surface area contributed by atoms with Gasteiger partial charge in [0.05, 0.1) is 31.8 Å². The summed E-state index contributed by atoms with van der Waals surface area (Å²) in [7, 11) is 6.09. The van der Waals surface area contributed by atoms with Crippen LogP contribution in [-0.4, -0.2) is 44.5 Å². The molecule has 0 aromatic heterocycles. The third-order valence-electron chi connectivity index (χ3n) is 3.23. The fourth-order valence-electron chi connectivity index (χ4n) is 2.13. The summed E-state index contributed by atoms with van der Waals surface area (Å²) in [6.07, 6.45) is -0.0700. The summed E-state index contributed by atoms with van der Waals surface area (Å²) in [5.41, 5.74) is -0.377. The summed E-state index contributed by atoms with van der Waals surface area (Å²) in [6, 6.07) is 0. The highest BCUT2D eigenvalue weighted by atomic mass is 16.6. The summed E-state index contributed by atoms with van der Waals surface area (Å²) in [6.45, 7) is 15.6. The molecule has 4 heteroatoms. The Labute approximate surface area is 119 Å². The van der Waals surface area contributed by atoms with E-state index >= 15 is 0 Å². The van der Waals surface area contributed by atoms with Crippen molar-refractivity contribution in [3.05, 3.63) is 0 Å². The van der Waals surface area contributed by atoms with Crippen molar-refractivity contribution in [2.75, 3.05) is 13.2 Å². The maximum atomic E-state index is 6.15. The first-order chi connectivity index (χ1) is 8.49. The quantitative estimate of drug-likeness (QED) is 0.736. The molecule has 1 heterocycles. The highest BCUT2D eigenvalue weighted by molar-refractivity contribution is 6.12. The van der Waals surface area contributed by atoms with E-state index in [4.69, 9.17) is 22.1 Å². The molecule has 1 fully saturated rings. The predicted molar refractivity (Wildman–Crippen MR) is 78.7 cm³/mol. The van der Waals surface area contributed by atoms with Crippen molar-refractivity contribution < 1.29 is 14.2 Å². The van der Waals surface area contributed by atoms with Crippen LogP contribution in [0.15, 0.2) is 0 Å². The summed E-state index contributed by atoms with van der Waals surface area (Å²) in [5.74, 6) is 0.291. The van der Waals surface area contributed by atoms with Crippen LogP contribution in [0.25, 0.3) is 0 Å². The molecule has 0 aromatic rings. The van der Waals surface area contributed by atoms with Crippen molar-refractivity contribution >= 4 is 7.85 Å². The summed E-state index contributed by atoms with van der Waals surface area (Å²) in [4.78, 5) is 0. The van der Waals surface area contributed by atoms with Crippen molar-refractivity contribution in [3.63, 3.8) is 0 Å². The molecular weight excluding hydrogens is 239 g/mol. The lowest BCUT2D eigenvalue weighted by molar-refractivity contribution is -0.196. The predicted octanol–water partition coefficient (Wildman–Crippen LogP) is 2.98. The first-order valence-electron chi connectivity index (χ1n) is 7.18. The molecule has 1 saturated heterocycles. The van der Waals surface area contributed by atoms with E-state index < -0.39 is 0 Å². The minimum Gasteiger partial charge on any atom is -0.374 e. The van der Waals surface area contributed by atoms with Crippen molar-refractivity contribution in [1.29, 1.82) is 0 Å². The fraction of sp³-hybridized carbons (Fsp3) is 1.00. The first kappa shape index (κ1) is 17.0. The van der Waals surface area contributed by atoms with E-state index in [1.54, 1.807) is 0 Å². The number of rotatable bonds is 3. The zero-order valence-electron chi connectivity index (χ0n) is 13.5. The van der Waals surface area contributed by atoms with Gasteiger partial charge in [0, 0.05) is 6.61 Å². The molecule has 3 nitrogen and oxygen atoms in total. The zero-order chi connectivity index (χ0) is 14.8. The third kappa shape index (κ3) is 5.84. The van der Waals surface area contributed by atoms with Gasteiger partial charge in [-0.25, -0.2) is 0 Å². The Kier molecular flexibility index (Phi) is 5.50. The van der Waals surface area contributed by atoms with E-state index in [9.17, 15) is 0 Å². The SMILES string of the molecule is [B][C@@H]1CO[C@H](COC(C)(C)C)[C@@H](OC(C)(C)C)[C@H]1C. The van der Waals surface area contributed by atoms with E-state index in [1.165, 1.54) is 0 Å². The summed E-state index contributed by atoms with van der Waals surface area (Å²) < 4.78 is 17.8. The molecule has 0 N–H and O–H groups in total. The third-order valence-corrected chi connectivity index (χ3v) is 3.23. The van der Waals surface area contributed by atoms with Crippen molar-refractivity contribution in [2.24, 2.45) is 5.92 Å². The van der Waals surface area contributed by atoms with E-state index in [0.717, 1.165) is 0 Å². The average Bonchev–Trinajstić information content (AvgIpc) is 2.21. The Morgan fingerprint density at radius 2 is 1.68 bits per heavy atom. The number of hydrogen-bond acceptors (Lipinski definition) is 3. The Balaban J connectivity index is 2.70. The normalized spacial score (nSPS) is 33.4. The topological polar surface area (TPSA) is 27.7 Å². The van der Waals surface area contributed by atoms with Gasteiger partial charge >= 0.3 is 0 Å². The van der Waals surface area contributed by atoms with Crippen LogP contribution in [0.4, 0.5) is 0 Å². The van der Waals surface area contributed by atoms with Crippen LogP contribution in [0.5, 0.6) is 0 Å². The Hall–Kier alpha value is -0.0551. The van der Waals surface area contributed by atoms with Crippen molar-refractivity contribution in [2.45, 2.75) is 77.7 Å². The molecule has 0 aromatic carbocycles. The largest absolute Gasteiger partial charge is 0.374 e. The van der Waals surface area contributed by atoms with Crippen LogP contribution in [0.2, 0.25) is 5.82 Å². The molecule has 1 aliphatic heterocycles. The Morgan fingerprint density at radius 3 is 2.16 bits per heavy atom. The van der Waals surface area contributed by atoms with Gasteiger partial charge in [-0.3, -0.25) is 0 Å². The van der Waals surface area contributed by atoms with Gasteiger partial charge in [-0.05, 0) is 53.3 Å². The lowest BCUT2D eigenvalue weighted by Gasteiger charge is -2.43. The van der Waals surface area contributed by atoms with Gasteiger partial charge in [-0.15, -0.1) is 0 Å². The molecule has 0 unspecified atom stereocenters. The minimum absolute atomic E-state index is 0.0221. The highest BCUT2D eigenvalue weighted by Crippen LogP contribution is 2.33. The lowest BCUT2D eigenvalue weighted by atomic mass is 9.72. The lowest BCUT2D eigenvalue weighted by Crippen LogP contribution is -2.50. The molecule has 0 aliphatic carbocycles. The molecule has 0 bridgehead atoms. The Bertz CT molecular complexity index is 280. The molecular formula is C15H29BO3. The molecule has 19 heavy (non-hydrogen) atoms. The van der Waals surface area contributed by atoms with Crippen LogP contribution in [-0.2, 0) is 14.2 Å².